The first-order chi connectivity index (χ1) is 17.3. The minimum absolute atomic E-state index is 0.0898. The summed E-state index contributed by atoms with van der Waals surface area (Å²) in [5.74, 6) is 2.26. The molecule has 2 fully saturated rings. The smallest absolute Gasteiger partial charge is 0.410 e. The molecular formula is C28H25FN4O2S. The molecule has 0 bridgehead atoms. The van der Waals surface area contributed by atoms with Gasteiger partial charge in [-0.3, -0.25) is 4.98 Å². The summed E-state index contributed by atoms with van der Waals surface area (Å²) in [6, 6.07) is 11.6. The highest BCUT2D eigenvalue weighted by atomic mass is 32.1. The molecule has 2 aliphatic heterocycles. The maximum Gasteiger partial charge on any atom is 0.410 e. The van der Waals surface area contributed by atoms with Crippen molar-refractivity contribution >= 4 is 44.3 Å². The van der Waals surface area contributed by atoms with E-state index in [0.717, 1.165) is 22.2 Å². The fourth-order valence-corrected chi connectivity index (χ4v) is 6.23. The largest absolute Gasteiger partial charge is 0.444 e. The molecule has 6 nitrogen and oxygen atoms in total. The minimum atomic E-state index is -0.529. The normalized spacial score (nSPS) is 19.3. The number of fused-ring (bicyclic) bond motifs is 3. The van der Waals surface area contributed by atoms with E-state index in [0.29, 0.717) is 35.1 Å². The Morgan fingerprint density at radius 1 is 1.22 bits per heavy atom. The highest BCUT2D eigenvalue weighted by Gasteiger charge is 2.50. The molecule has 36 heavy (non-hydrogen) atoms. The topological polar surface area (TPSA) is 58.6 Å². The number of carbonyl (C=O) groups excluding carboxylic acids is 1. The monoisotopic (exact) mass is 500 g/mol. The first-order valence-electron chi connectivity index (χ1n) is 12.0. The molecule has 2 aromatic heterocycles. The van der Waals surface area contributed by atoms with Crippen molar-refractivity contribution in [3.05, 3.63) is 54.0 Å². The summed E-state index contributed by atoms with van der Waals surface area (Å²) < 4.78 is 25.9. The van der Waals surface area contributed by atoms with Gasteiger partial charge in [-0.05, 0) is 50.2 Å². The third-order valence-electron chi connectivity index (χ3n) is 6.95. The Hall–Kier alpha value is -3.70. The van der Waals surface area contributed by atoms with E-state index in [-0.39, 0.29) is 23.9 Å². The van der Waals surface area contributed by atoms with Crippen molar-refractivity contribution in [1.82, 2.24) is 14.3 Å². The van der Waals surface area contributed by atoms with E-state index in [2.05, 4.69) is 20.2 Å². The van der Waals surface area contributed by atoms with Gasteiger partial charge in [-0.25, -0.2) is 9.18 Å². The number of pyridine rings is 1. The van der Waals surface area contributed by atoms with Crippen LogP contribution in [0.5, 0.6) is 0 Å². The minimum Gasteiger partial charge on any atom is -0.444 e. The van der Waals surface area contributed by atoms with E-state index in [4.69, 9.17) is 11.2 Å². The van der Waals surface area contributed by atoms with Gasteiger partial charge in [0.25, 0.3) is 0 Å². The van der Waals surface area contributed by atoms with E-state index in [9.17, 15) is 4.79 Å². The molecule has 182 valence electrons. The van der Waals surface area contributed by atoms with Crippen molar-refractivity contribution in [2.75, 3.05) is 18.0 Å². The first kappa shape index (κ1) is 22.7. The van der Waals surface area contributed by atoms with E-state index in [1.807, 2.05) is 62.1 Å². The zero-order valence-electron chi connectivity index (χ0n) is 20.3. The molecular weight excluding hydrogens is 475 g/mol. The fourth-order valence-electron chi connectivity index (χ4n) is 5.32. The Morgan fingerprint density at radius 3 is 2.75 bits per heavy atom. The molecule has 0 radical (unpaired) electrons. The summed E-state index contributed by atoms with van der Waals surface area (Å²) in [6.07, 6.45) is 8.00. The lowest BCUT2D eigenvalue weighted by Crippen LogP contribution is -2.63. The summed E-state index contributed by atoms with van der Waals surface area (Å²) in [5, 5.41) is 3.32. The van der Waals surface area contributed by atoms with E-state index < -0.39 is 11.4 Å². The second kappa shape index (κ2) is 8.17. The second-order valence-corrected chi connectivity index (χ2v) is 11.0. The lowest BCUT2D eigenvalue weighted by Gasteiger charge is -2.47. The van der Waals surface area contributed by atoms with E-state index in [1.165, 1.54) is 11.5 Å². The number of hydrogen-bond donors (Lipinski definition) is 0. The quantitative estimate of drug-likeness (QED) is 0.324. The van der Waals surface area contributed by atoms with Crippen LogP contribution in [0.3, 0.4) is 0 Å². The molecule has 0 unspecified atom stereocenters. The number of anilines is 1. The number of aromatic nitrogens is 2. The zero-order valence-corrected chi connectivity index (χ0v) is 21.1. The predicted octanol–water partition coefficient (Wildman–Crippen LogP) is 5.83. The molecule has 6 rings (SSSR count). The highest BCUT2D eigenvalue weighted by molar-refractivity contribution is 7.11. The van der Waals surface area contributed by atoms with Crippen LogP contribution >= 0.6 is 11.5 Å². The molecule has 0 N–H and O–H groups in total. The number of ether oxygens (including phenoxy) is 1. The third-order valence-corrected chi connectivity index (χ3v) is 7.85. The summed E-state index contributed by atoms with van der Waals surface area (Å²) in [5.41, 5.74) is 1.37. The van der Waals surface area contributed by atoms with E-state index >= 15 is 4.39 Å². The average Bonchev–Trinajstić information content (AvgIpc) is 3.40. The Bertz CT molecular complexity index is 1560. The van der Waals surface area contributed by atoms with Crippen molar-refractivity contribution in [2.24, 2.45) is 0 Å². The highest BCUT2D eigenvalue weighted by Crippen LogP contribution is 2.44. The molecule has 8 heteroatoms. The fraction of sp³-hybridized carbons (Fsp3) is 0.321. The van der Waals surface area contributed by atoms with Gasteiger partial charge in [-0.15, -0.1) is 6.42 Å². The Morgan fingerprint density at radius 2 is 2.00 bits per heavy atom. The van der Waals surface area contributed by atoms with E-state index in [1.54, 1.807) is 6.20 Å². The van der Waals surface area contributed by atoms with Crippen molar-refractivity contribution in [2.45, 2.75) is 44.9 Å². The molecule has 2 saturated heterocycles. The Balaban J connectivity index is 1.33. The number of likely N-dealkylation sites (tertiary alicyclic amines) is 1. The molecule has 4 heterocycles. The zero-order chi connectivity index (χ0) is 25.2. The van der Waals surface area contributed by atoms with Crippen LogP contribution in [-0.4, -0.2) is 51.1 Å². The Kier molecular flexibility index (Phi) is 5.16. The van der Waals surface area contributed by atoms with Crippen LogP contribution in [0.2, 0.25) is 0 Å². The number of hydrogen-bond acceptors (Lipinski definition) is 6. The van der Waals surface area contributed by atoms with Crippen LogP contribution in [0.15, 0.2) is 42.6 Å². The van der Waals surface area contributed by atoms with Gasteiger partial charge in [0.2, 0.25) is 0 Å². The van der Waals surface area contributed by atoms with Crippen LogP contribution in [0.25, 0.3) is 32.9 Å². The van der Waals surface area contributed by atoms with Crippen LogP contribution in [0.4, 0.5) is 14.2 Å². The van der Waals surface area contributed by atoms with Crippen LogP contribution < -0.4 is 4.90 Å². The molecule has 2 atom stereocenters. The SMILES string of the molecule is C#Cc1cccc2cccc(-c3ncc4c(N5C[C@@H]6[C@H]5CCN6C(=O)OC(C)(C)C)snc4c3F)c12. The number of amides is 1. The molecule has 0 aliphatic carbocycles. The van der Waals surface area contributed by atoms with Gasteiger partial charge in [0.1, 0.15) is 21.8 Å². The summed E-state index contributed by atoms with van der Waals surface area (Å²) in [4.78, 5) is 21.2. The number of terminal acetylenes is 1. The van der Waals surface area contributed by atoms with Gasteiger partial charge >= 0.3 is 6.09 Å². The van der Waals surface area contributed by atoms with Gasteiger partial charge in [0.15, 0.2) is 5.82 Å². The Labute approximate surface area is 212 Å². The van der Waals surface area contributed by atoms with Crippen molar-refractivity contribution in [1.29, 1.82) is 0 Å². The third kappa shape index (κ3) is 3.49. The maximum absolute atomic E-state index is 15.9. The number of carbonyl (C=O) groups is 1. The molecule has 2 aliphatic rings. The molecule has 4 aromatic rings. The summed E-state index contributed by atoms with van der Waals surface area (Å²) in [7, 11) is 0. The molecule has 0 spiro atoms. The number of halogens is 1. The van der Waals surface area contributed by atoms with Crippen LogP contribution in [-0.2, 0) is 4.74 Å². The molecule has 1 amide bonds. The van der Waals surface area contributed by atoms with Crippen molar-refractivity contribution < 1.29 is 13.9 Å². The number of rotatable bonds is 2. The van der Waals surface area contributed by atoms with Crippen molar-refractivity contribution in [3.8, 4) is 23.6 Å². The van der Waals surface area contributed by atoms with Crippen LogP contribution in [0, 0.1) is 18.2 Å². The summed E-state index contributed by atoms with van der Waals surface area (Å²) in [6.45, 7) is 6.93. The summed E-state index contributed by atoms with van der Waals surface area (Å²) >= 11 is 1.27. The lowest BCUT2D eigenvalue weighted by atomic mass is 9.96. The molecule has 2 aromatic carbocycles. The van der Waals surface area contributed by atoms with Gasteiger partial charge in [0, 0.05) is 35.8 Å². The number of nitrogens with zero attached hydrogens (tertiary/aromatic N) is 4. The second-order valence-electron chi connectivity index (χ2n) is 10.3. The van der Waals surface area contributed by atoms with Gasteiger partial charge in [-0.2, -0.15) is 4.37 Å². The number of benzene rings is 2. The lowest BCUT2D eigenvalue weighted by molar-refractivity contribution is 0.0194. The predicted molar refractivity (Wildman–Crippen MR) is 141 cm³/mol. The van der Waals surface area contributed by atoms with Crippen LogP contribution in [0.1, 0.15) is 32.8 Å². The average molecular weight is 501 g/mol. The van der Waals surface area contributed by atoms with Gasteiger partial charge in [0.05, 0.1) is 17.5 Å². The first-order valence-corrected chi connectivity index (χ1v) is 12.7. The molecule has 0 saturated carbocycles. The maximum atomic E-state index is 15.9. The van der Waals surface area contributed by atoms with Crippen molar-refractivity contribution in [3.63, 3.8) is 0 Å². The standard InChI is InChI=1S/C28H25FN4O2S/c1-5-16-8-6-9-17-10-7-11-18(22(16)17)24-23(29)25-19(14-30-24)26(36-31-25)33-15-21-20(33)12-13-32(21)27(34)35-28(2,3)4/h1,6-11,14,20-21H,12-13,15H2,2-4H3/t20-,21-/m1/s1. The van der Waals surface area contributed by atoms with Gasteiger partial charge in [-0.1, -0.05) is 36.3 Å². The van der Waals surface area contributed by atoms with Gasteiger partial charge < -0.3 is 14.5 Å².